The minimum atomic E-state index is 0.145. The molecule has 1 heterocycles. The predicted octanol–water partition coefficient (Wildman–Crippen LogP) is 3.60. The van der Waals surface area contributed by atoms with Crippen LogP contribution in [-0.2, 0) is 4.79 Å². The van der Waals surface area contributed by atoms with Gasteiger partial charge in [-0.3, -0.25) is 4.79 Å². The second-order valence-electron chi connectivity index (χ2n) is 3.40. The lowest BCUT2D eigenvalue weighted by Crippen LogP contribution is -2.24. The molecule has 2 nitrogen and oxygen atoms in total. The Balaban J connectivity index is 2.30. The average Bonchev–Trinajstić information content (AvgIpc) is 2.50. The Bertz CT molecular complexity index is 410. The van der Waals surface area contributed by atoms with Gasteiger partial charge in [0.25, 0.3) is 0 Å². The van der Waals surface area contributed by atoms with E-state index in [0.717, 1.165) is 10.2 Å². The minimum Gasteiger partial charge on any atom is -0.311 e. The molecule has 1 aliphatic rings. The SMILES string of the molecule is O=C1CC(Br)CN1c1ccc(Cl)c(Br)c1. The van der Waals surface area contributed by atoms with E-state index < -0.39 is 0 Å². The minimum absolute atomic E-state index is 0.145. The smallest absolute Gasteiger partial charge is 0.228 e. The normalized spacial score (nSPS) is 21.1. The van der Waals surface area contributed by atoms with Crippen molar-refractivity contribution in [3.63, 3.8) is 0 Å². The highest BCUT2D eigenvalue weighted by Crippen LogP contribution is 2.31. The van der Waals surface area contributed by atoms with Gasteiger partial charge in [-0.15, -0.1) is 0 Å². The number of hydrogen-bond acceptors (Lipinski definition) is 1. The summed E-state index contributed by atoms with van der Waals surface area (Å²) < 4.78 is 0.812. The fraction of sp³-hybridized carbons (Fsp3) is 0.300. The van der Waals surface area contributed by atoms with Gasteiger partial charge in [0, 0.05) is 28.0 Å². The maximum atomic E-state index is 11.6. The van der Waals surface area contributed by atoms with Crippen LogP contribution in [0.15, 0.2) is 22.7 Å². The second kappa shape index (κ2) is 4.44. The summed E-state index contributed by atoms with van der Waals surface area (Å²) in [6.45, 7) is 0.715. The first-order valence-corrected chi connectivity index (χ1v) is 6.56. The fourth-order valence-corrected chi connectivity index (χ4v) is 2.62. The van der Waals surface area contributed by atoms with Gasteiger partial charge in [0.1, 0.15) is 0 Å². The van der Waals surface area contributed by atoms with Crippen LogP contribution in [0, 0.1) is 0 Å². The number of anilines is 1. The molecule has 1 aromatic carbocycles. The lowest BCUT2D eigenvalue weighted by Gasteiger charge is -2.16. The van der Waals surface area contributed by atoms with E-state index in [1.54, 1.807) is 11.0 Å². The van der Waals surface area contributed by atoms with Crippen LogP contribution < -0.4 is 4.90 Å². The van der Waals surface area contributed by atoms with Crippen LogP contribution in [0.1, 0.15) is 6.42 Å². The van der Waals surface area contributed by atoms with Gasteiger partial charge in [0.2, 0.25) is 5.91 Å². The molecule has 1 amide bonds. The van der Waals surface area contributed by atoms with Crippen LogP contribution in [0.3, 0.4) is 0 Å². The Morgan fingerprint density at radius 1 is 1.47 bits per heavy atom. The first-order valence-electron chi connectivity index (χ1n) is 4.47. The van der Waals surface area contributed by atoms with E-state index in [9.17, 15) is 4.79 Å². The standard InChI is InChI=1S/C10H8Br2ClNO/c11-6-3-10(15)14(5-6)7-1-2-9(13)8(12)4-7/h1-2,4,6H,3,5H2. The van der Waals surface area contributed by atoms with Gasteiger partial charge in [0.15, 0.2) is 0 Å². The van der Waals surface area contributed by atoms with Crippen LogP contribution in [0.4, 0.5) is 5.69 Å². The summed E-state index contributed by atoms with van der Waals surface area (Å²) in [6.07, 6.45) is 0.556. The van der Waals surface area contributed by atoms with Crippen molar-refractivity contribution in [1.29, 1.82) is 0 Å². The highest BCUT2D eigenvalue weighted by atomic mass is 79.9. The van der Waals surface area contributed by atoms with E-state index >= 15 is 0 Å². The van der Waals surface area contributed by atoms with Gasteiger partial charge >= 0.3 is 0 Å². The van der Waals surface area contributed by atoms with Crippen molar-refractivity contribution in [1.82, 2.24) is 0 Å². The summed E-state index contributed by atoms with van der Waals surface area (Å²) in [4.78, 5) is 13.6. The number of carbonyl (C=O) groups is 1. The second-order valence-corrected chi connectivity index (χ2v) is 5.96. The highest BCUT2D eigenvalue weighted by Gasteiger charge is 2.28. The molecular weight excluding hydrogens is 345 g/mol. The third-order valence-corrected chi connectivity index (χ3v) is 4.12. The first kappa shape index (κ1) is 11.4. The number of nitrogens with zero attached hydrogens (tertiary/aromatic N) is 1. The van der Waals surface area contributed by atoms with Gasteiger partial charge in [-0.1, -0.05) is 27.5 Å². The summed E-state index contributed by atoms with van der Waals surface area (Å²) in [5.41, 5.74) is 0.887. The summed E-state index contributed by atoms with van der Waals surface area (Å²) in [5.74, 6) is 0.145. The van der Waals surface area contributed by atoms with Crippen molar-refractivity contribution in [3.8, 4) is 0 Å². The Kier molecular flexibility index (Phi) is 3.38. The van der Waals surface area contributed by atoms with Gasteiger partial charge in [-0.25, -0.2) is 0 Å². The van der Waals surface area contributed by atoms with Crippen molar-refractivity contribution in [2.24, 2.45) is 0 Å². The Hall–Kier alpha value is -0.0600. The maximum Gasteiger partial charge on any atom is 0.228 e. The number of amides is 1. The number of halogens is 3. The Morgan fingerprint density at radius 2 is 2.20 bits per heavy atom. The van der Waals surface area contributed by atoms with Crippen LogP contribution in [0.25, 0.3) is 0 Å². The molecule has 2 rings (SSSR count). The number of alkyl halides is 1. The molecule has 0 bridgehead atoms. The summed E-state index contributed by atoms with van der Waals surface area (Å²) >= 11 is 12.7. The maximum absolute atomic E-state index is 11.6. The lowest BCUT2D eigenvalue weighted by atomic mass is 10.3. The number of carbonyl (C=O) groups excluding carboxylic acids is 1. The quantitative estimate of drug-likeness (QED) is 0.707. The van der Waals surface area contributed by atoms with Crippen molar-refractivity contribution < 1.29 is 4.79 Å². The van der Waals surface area contributed by atoms with E-state index in [1.807, 2.05) is 12.1 Å². The molecule has 0 aromatic heterocycles. The molecule has 1 aliphatic heterocycles. The van der Waals surface area contributed by atoms with Crippen molar-refractivity contribution >= 4 is 55.1 Å². The van der Waals surface area contributed by atoms with Crippen LogP contribution in [0.2, 0.25) is 5.02 Å². The van der Waals surface area contributed by atoms with E-state index in [-0.39, 0.29) is 10.7 Å². The Labute approximate surface area is 110 Å². The van der Waals surface area contributed by atoms with Gasteiger partial charge < -0.3 is 4.90 Å². The molecule has 0 aliphatic carbocycles. The molecule has 5 heteroatoms. The predicted molar refractivity (Wildman–Crippen MR) is 68.8 cm³/mol. The molecule has 1 aromatic rings. The zero-order valence-corrected chi connectivity index (χ0v) is 11.6. The summed E-state index contributed by atoms with van der Waals surface area (Å²) in [6, 6.07) is 5.51. The molecule has 0 saturated carbocycles. The van der Waals surface area contributed by atoms with Gasteiger partial charge in [0.05, 0.1) is 5.02 Å². The topological polar surface area (TPSA) is 20.3 Å². The van der Waals surface area contributed by atoms with E-state index in [0.29, 0.717) is 18.0 Å². The monoisotopic (exact) mass is 351 g/mol. The molecule has 1 fully saturated rings. The zero-order chi connectivity index (χ0) is 11.0. The molecule has 1 unspecified atom stereocenters. The first-order chi connectivity index (χ1) is 7.08. The lowest BCUT2D eigenvalue weighted by molar-refractivity contribution is -0.117. The third-order valence-electron chi connectivity index (χ3n) is 2.29. The summed E-state index contributed by atoms with van der Waals surface area (Å²) in [7, 11) is 0. The van der Waals surface area contributed by atoms with Gasteiger partial charge in [-0.05, 0) is 34.1 Å². The molecule has 1 atom stereocenters. The highest BCUT2D eigenvalue weighted by molar-refractivity contribution is 9.10. The average molecular weight is 353 g/mol. The number of rotatable bonds is 1. The van der Waals surface area contributed by atoms with Crippen LogP contribution in [0.5, 0.6) is 0 Å². The van der Waals surface area contributed by atoms with Crippen molar-refractivity contribution in [3.05, 3.63) is 27.7 Å². The van der Waals surface area contributed by atoms with E-state index in [4.69, 9.17) is 11.6 Å². The Morgan fingerprint density at radius 3 is 2.73 bits per heavy atom. The van der Waals surface area contributed by atoms with E-state index in [2.05, 4.69) is 31.9 Å². The van der Waals surface area contributed by atoms with Crippen LogP contribution in [-0.4, -0.2) is 17.3 Å². The number of hydrogen-bond donors (Lipinski definition) is 0. The third kappa shape index (κ3) is 2.37. The molecule has 0 radical (unpaired) electrons. The largest absolute Gasteiger partial charge is 0.311 e. The van der Waals surface area contributed by atoms with Crippen LogP contribution >= 0.6 is 43.5 Å². The molecule has 1 saturated heterocycles. The fourth-order valence-electron chi connectivity index (χ4n) is 1.57. The zero-order valence-electron chi connectivity index (χ0n) is 7.71. The van der Waals surface area contributed by atoms with E-state index in [1.165, 1.54) is 0 Å². The number of benzene rings is 1. The van der Waals surface area contributed by atoms with Crippen molar-refractivity contribution in [2.75, 3.05) is 11.4 Å². The molecule has 80 valence electrons. The van der Waals surface area contributed by atoms with Gasteiger partial charge in [-0.2, -0.15) is 0 Å². The summed E-state index contributed by atoms with van der Waals surface area (Å²) in [5, 5.41) is 0.654. The molecule has 15 heavy (non-hydrogen) atoms. The molecular formula is C10H8Br2ClNO. The molecule has 0 spiro atoms. The van der Waals surface area contributed by atoms with Crippen molar-refractivity contribution in [2.45, 2.75) is 11.2 Å². The molecule has 0 N–H and O–H groups in total.